The summed E-state index contributed by atoms with van der Waals surface area (Å²) in [6, 6.07) is 0.227. The molecule has 5 heteroatoms. The molecule has 0 aliphatic heterocycles. The molecule has 0 aromatic heterocycles. The molecule has 0 aromatic carbocycles. The number of nitrogens with two attached hydrogens (primary N) is 1. The van der Waals surface area contributed by atoms with Crippen LogP contribution in [0.15, 0.2) is 0 Å². The number of nitrogens with one attached hydrogen (secondary N) is 1. The molecule has 0 bridgehead atoms. The van der Waals surface area contributed by atoms with Crippen molar-refractivity contribution < 1.29 is 14.3 Å². The van der Waals surface area contributed by atoms with Gasteiger partial charge in [0.05, 0.1) is 25.4 Å². The highest BCUT2D eigenvalue weighted by Gasteiger charge is 2.26. The van der Waals surface area contributed by atoms with Crippen molar-refractivity contribution in [3.63, 3.8) is 0 Å². The summed E-state index contributed by atoms with van der Waals surface area (Å²) in [7, 11) is 0. The quantitative estimate of drug-likeness (QED) is 0.546. The van der Waals surface area contributed by atoms with E-state index in [0.717, 1.165) is 12.8 Å². The van der Waals surface area contributed by atoms with Crippen LogP contribution in [0.3, 0.4) is 0 Å². The molecule has 0 radical (unpaired) electrons. The zero-order valence-corrected chi connectivity index (χ0v) is 10.8. The number of hydrogen-bond acceptors (Lipinski definition) is 4. The molecular formula is C12H24N2O3. The molecule has 1 atom stereocenters. The summed E-state index contributed by atoms with van der Waals surface area (Å²) in [5.74, 6) is -0.293. The van der Waals surface area contributed by atoms with E-state index >= 15 is 0 Å². The molecule has 1 unspecified atom stereocenters. The van der Waals surface area contributed by atoms with E-state index in [1.165, 1.54) is 0 Å². The van der Waals surface area contributed by atoms with Gasteiger partial charge in [-0.05, 0) is 33.1 Å². The molecule has 0 heterocycles. The van der Waals surface area contributed by atoms with Crippen LogP contribution >= 0.6 is 0 Å². The zero-order chi connectivity index (χ0) is 12.7. The fraction of sp³-hybridized carbons (Fsp3) is 0.917. The summed E-state index contributed by atoms with van der Waals surface area (Å²) < 4.78 is 10.7. The Bertz CT molecular complexity index is 230. The Morgan fingerprint density at radius 3 is 2.59 bits per heavy atom. The van der Waals surface area contributed by atoms with Gasteiger partial charge in [-0.2, -0.15) is 0 Å². The van der Waals surface area contributed by atoms with Crippen LogP contribution in [0.5, 0.6) is 0 Å². The second kappa shape index (κ2) is 7.63. The van der Waals surface area contributed by atoms with E-state index in [2.05, 4.69) is 5.32 Å². The normalized spacial score (nSPS) is 17.4. The Balaban J connectivity index is 2.00. The molecule has 1 saturated carbocycles. The van der Waals surface area contributed by atoms with Crippen LogP contribution in [0.2, 0.25) is 0 Å². The Kier molecular flexibility index (Phi) is 6.47. The van der Waals surface area contributed by atoms with E-state index < -0.39 is 0 Å². The molecule has 5 nitrogen and oxygen atoms in total. The summed E-state index contributed by atoms with van der Waals surface area (Å²) in [4.78, 5) is 11.2. The predicted molar refractivity (Wildman–Crippen MR) is 65.7 cm³/mol. The SMILES string of the molecule is CC(C)OCCOCCC(NC1CC1)C(N)=O. The first-order valence-electron chi connectivity index (χ1n) is 6.34. The molecule has 0 aromatic rings. The summed E-state index contributed by atoms with van der Waals surface area (Å²) in [5, 5.41) is 3.21. The Morgan fingerprint density at radius 2 is 2.06 bits per heavy atom. The van der Waals surface area contributed by atoms with Gasteiger partial charge in [-0.25, -0.2) is 0 Å². The lowest BCUT2D eigenvalue weighted by Crippen LogP contribution is -2.43. The van der Waals surface area contributed by atoms with E-state index in [9.17, 15) is 4.79 Å². The highest BCUT2D eigenvalue weighted by molar-refractivity contribution is 5.79. The second-order valence-corrected chi connectivity index (χ2v) is 4.72. The average Bonchev–Trinajstić information content (AvgIpc) is 3.04. The maximum Gasteiger partial charge on any atom is 0.234 e. The molecule has 1 aliphatic carbocycles. The number of primary amides is 1. The van der Waals surface area contributed by atoms with E-state index in [-0.39, 0.29) is 18.1 Å². The fourth-order valence-corrected chi connectivity index (χ4v) is 1.49. The number of carbonyl (C=O) groups excluding carboxylic acids is 1. The summed E-state index contributed by atoms with van der Waals surface area (Å²) >= 11 is 0. The number of carbonyl (C=O) groups is 1. The Hall–Kier alpha value is -0.650. The van der Waals surface area contributed by atoms with Crippen LogP contribution in [0, 0.1) is 0 Å². The molecule has 3 N–H and O–H groups in total. The lowest BCUT2D eigenvalue weighted by molar-refractivity contribution is -0.120. The van der Waals surface area contributed by atoms with Crippen molar-refractivity contribution in [1.29, 1.82) is 0 Å². The van der Waals surface area contributed by atoms with Crippen molar-refractivity contribution in [2.24, 2.45) is 5.73 Å². The van der Waals surface area contributed by atoms with E-state index in [4.69, 9.17) is 15.2 Å². The summed E-state index contributed by atoms with van der Waals surface area (Å²) in [6.45, 7) is 5.67. The zero-order valence-electron chi connectivity index (χ0n) is 10.8. The molecule has 1 fully saturated rings. The monoisotopic (exact) mass is 244 g/mol. The van der Waals surface area contributed by atoms with Gasteiger partial charge in [0.2, 0.25) is 5.91 Å². The first kappa shape index (κ1) is 14.4. The average molecular weight is 244 g/mol. The standard InChI is InChI=1S/C12H24N2O3/c1-9(2)17-8-7-16-6-5-11(12(13)15)14-10-3-4-10/h9-11,14H,3-8H2,1-2H3,(H2,13,15). The van der Waals surface area contributed by atoms with Crippen LogP contribution in [-0.4, -0.2) is 43.9 Å². The second-order valence-electron chi connectivity index (χ2n) is 4.72. The van der Waals surface area contributed by atoms with Gasteiger partial charge in [-0.1, -0.05) is 0 Å². The van der Waals surface area contributed by atoms with Crippen molar-refractivity contribution in [3.05, 3.63) is 0 Å². The van der Waals surface area contributed by atoms with Crippen molar-refractivity contribution in [3.8, 4) is 0 Å². The number of hydrogen-bond donors (Lipinski definition) is 2. The number of ether oxygens (including phenoxy) is 2. The van der Waals surface area contributed by atoms with Crippen molar-refractivity contribution >= 4 is 5.91 Å². The highest BCUT2D eigenvalue weighted by atomic mass is 16.5. The molecule has 0 saturated heterocycles. The van der Waals surface area contributed by atoms with Gasteiger partial charge in [0.1, 0.15) is 0 Å². The molecular weight excluding hydrogens is 220 g/mol. The third-order valence-electron chi connectivity index (χ3n) is 2.59. The van der Waals surface area contributed by atoms with Crippen LogP contribution < -0.4 is 11.1 Å². The first-order valence-corrected chi connectivity index (χ1v) is 6.34. The summed E-state index contributed by atoms with van der Waals surface area (Å²) in [6.07, 6.45) is 3.15. The fourth-order valence-electron chi connectivity index (χ4n) is 1.49. The van der Waals surface area contributed by atoms with Gasteiger partial charge < -0.3 is 20.5 Å². The minimum atomic E-state index is -0.293. The van der Waals surface area contributed by atoms with Gasteiger partial charge in [0.25, 0.3) is 0 Å². The lowest BCUT2D eigenvalue weighted by Gasteiger charge is -2.15. The molecule has 17 heavy (non-hydrogen) atoms. The molecule has 1 rings (SSSR count). The van der Waals surface area contributed by atoms with Crippen LogP contribution in [-0.2, 0) is 14.3 Å². The lowest BCUT2D eigenvalue weighted by atomic mass is 10.2. The van der Waals surface area contributed by atoms with Crippen molar-refractivity contribution in [2.75, 3.05) is 19.8 Å². The highest BCUT2D eigenvalue weighted by Crippen LogP contribution is 2.19. The van der Waals surface area contributed by atoms with Crippen LogP contribution in [0.25, 0.3) is 0 Å². The minimum Gasteiger partial charge on any atom is -0.379 e. The summed E-state index contributed by atoms with van der Waals surface area (Å²) in [5.41, 5.74) is 5.31. The minimum absolute atomic E-state index is 0.230. The van der Waals surface area contributed by atoms with E-state index in [0.29, 0.717) is 32.3 Å². The molecule has 100 valence electrons. The van der Waals surface area contributed by atoms with Gasteiger partial charge in [-0.3, -0.25) is 4.79 Å². The molecule has 1 aliphatic rings. The predicted octanol–water partition coefficient (Wildman–Crippen LogP) is 0.424. The molecule has 0 spiro atoms. The van der Waals surface area contributed by atoms with E-state index in [1.807, 2.05) is 13.8 Å². The third-order valence-corrected chi connectivity index (χ3v) is 2.59. The third kappa shape index (κ3) is 7.31. The van der Waals surface area contributed by atoms with E-state index in [1.54, 1.807) is 0 Å². The van der Waals surface area contributed by atoms with Gasteiger partial charge in [0.15, 0.2) is 0 Å². The number of rotatable bonds is 10. The van der Waals surface area contributed by atoms with Crippen LogP contribution in [0.1, 0.15) is 33.1 Å². The smallest absolute Gasteiger partial charge is 0.234 e. The van der Waals surface area contributed by atoms with Crippen molar-refractivity contribution in [2.45, 2.75) is 51.3 Å². The Morgan fingerprint density at radius 1 is 1.35 bits per heavy atom. The topological polar surface area (TPSA) is 73.6 Å². The largest absolute Gasteiger partial charge is 0.379 e. The Labute approximate surface area is 103 Å². The van der Waals surface area contributed by atoms with Crippen LogP contribution in [0.4, 0.5) is 0 Å². The number of amides is 1. The maximum absolute atomic E-state index is 11.2. The van der Waals surface area contributed by atoms with Gasteiger partial charge in [-0.15, -0.1) is 0 Å². The first-order chi connectivity index (χ1) is 8.09. The molecule has 1 amide bonds. The maximum atomic E-state index is 11.2. The van der Waals surface area contributed by atoms with Crippen molar-refractivity contribution in [1.82, 2.24) is 5.32 Å². The van der Waals surface area contributed by atoms with Gasteiger partial charge >= 0.3 is 0 Å². The van der Waals surface area contributed by atoms with Gasteiger partial charge in [0, 0.05) is 12.6 Å².